The van der Waals surface area contributed by atoms with Crippen molar-refractivity contribution in [3.8, 4) is 5.75 Å². The van der Waals surface area contributed by atoms with Gasteiger partial charge in [0, 0.05) is 11.9 Å². The average molecular weight is 261 g/mol. The maximum absolute atomic E-state index is 5.27. The number of hydrogen-bond acceptors (Lipinski definition) is 2. The molecule has 0 aromatic carbocycles. The van der Waals surface area contributed by atoms with Crippen molar-refractivity contribution in [3.05, 3.63) is 11.9 Å². The van der Waals surface area contributed by atoms with Crippen LogP contribution in [0, 0.1) is 5.92 Å². The van der Waals surface area contributed by atoms with Gasteiger partial charge < -0.3 is 4.74 Å². The molecule has 0 aliphatic rings. The maximum Gasteiger partial charge on any atom is 0.159 e. The minimum atomic E-state index is 0.603. The number of rotatable bonds is 5. The van der Waals surface area contributed by atoms with E-state index >= 15 is 0 Å². The monoisotopic (exact) mass is 260 g/mol. The molecule has 0 radical (unpaired) electrons. The number of alkyl halides is 1. The number of hydrogen-bond donors (Lipinski definition) is 0. The first-order chi connectivity index (χ1) is 6.72. The molecule has 3 nitrogen and oxygen atoms in total. The van der Waals surface area contributed by atoms with E-state index in [2.05, 4.69) is 34.9 Å². The predicted octanol–water partition coefficient (Wildman–Crippen LogP) is 2.49. The SMILES string of the molecule is CCn1ncc(OC)c1CC(C)CBr. The van der Waals surface area contributed by atoms with Crippen LogP contribution < -0.4 is 4.74 Å². The minimum absolute atomic E-state index is 0.603. The molecule has 0 N–H and O–H groups in total. The first-order valence-electron chi connectivity index (χ1n) is 4.87. The molecule has 1 unspecified atom stereocenters. The summed E-state index contributed by atoms with van der Waals surface area (Å²) in [5, 5.41) is 5.27. The summed E-state index contributed by atoms with van der Waals surface area (Å²) < 4.78 is 7.27. The van der Waals surface area contributed by atoms with Crippen molar-refractivity contribution in [3.63, 3.8) is 0 Å². The molecule has 1 atom stereocenters. The van der Waals surface area contributed by atoms with Crippen LogP contribution in [0.1, 0.15) is 19.5 Å². The molecule has 1 rings (SSSR count). The van der Waals surface area contributed by atoms with Gasteiger partial charge in [-0.15, -0.1) is 0 Å². The number of ether oxygens (including phenoxy) is 1. The first kappa shape index (κ1) is 11.6. The van der Waals surface area contributed by atoms with Gasteiger partial charge in [0.15, 0.2) is 5.75 Å². The van der Waals surface area contributed by atoms with E-state index in [1.165, 1.54) is 5.69 Å². The largest absolute Gasteiger partial charge is 0.493 e. The summed E-state index contributed by atoms with van der Waals surface area (Å²) in [5.74, 6) is 1.51. The maximum atomic E-state index is 5.27. The van der Waals surface area contributed by atoms with Crippen molar-refractivity contribution >= 4 is 15.9 Å². The van der Waals surface area contributed by atoms with Crippen LogP contribution in [0.3, 0.4) is 0 Å². The van der Waals surface area contributed by atoms with Gasteiger partial charge in [0.25, 0.3) is 0 Å². The Balaban J connectivity index is 2.85. The molecule has 4 heteroatoms. The number of nitrogens with zero attached hydrogens (tertiary/aromatic N) is 2. The number of aryl methyl sites for hydroxylation is 1. The van der Waals surface area contributed by atoms with Gasteiger partial charge in [-0.1, -0.05) is 22.9 Å². The second kappa shape index (κ2) is 5.39. The Morgan fingerprint density at radius 3 is 2.86 bits per heavy atom. The van der Waals surface area contributed by atoms with Gasteiger partial charge in [0.2, 0.25) is 0 Å². The third kappa shape index (κ3) is 2.50. The van der Waals surface area contributed by atoms with E-state index in [0.29, 0.717) is 5.92 Å². The van der Waals surface area contributed by atoms with Crippen molar-refractivity contribution in [1.82, 2.24) is 9.78 Å². The zero-order valence-corrected chi connectivity index (χ0v) is 10.5. The van der Waals surface area contributed by atoms with Crippen molar-refractivity contribution in [2.45, 2.75) is 26.8 Å². The van der Waals surface area contributed by atoms with Gasteiger partial charge >= 0.3 is 0 Å². The van der Waals surface area contributed by atoms with Gasteiger partial charge in [0.1, 0.15) is 0 Å². The van der Waals surface area contributed by atoms with E-state index in [9.17, 15) is 0 Å². The zero-order chi connectivity index (χ0) is 10.6. The lowest BCUT2D eigenvalue weighted by molar-refractivity contribution is 0.403. The molecule has 80 valence electrons. The van der Waals surface area contributed by atoms with Crippen molar-refractivity contribution in [2.75, 3.05) is 12.4 Å². The van der Waals surface area contributed by atoms with Gasteiger partial charge in [0.05, 0.1) is 19.0 Å². The second-order valence-corrected chi connectivity index (χ2v) is 4.09. The van der Waals surface area contributed by atoms with Gasteiger partial charge in [-0.2, -0.15) is 5.10 Å². The van der Waals surface area contributed by atoms with Crippen LogP contribution >= 0.6 is 15.9 Å². The van der Waals surface area contributed by atoms with E-state index < -0.39 is 0 Å². The fourth-order valence-corrected chi connectivity index (χ4v) is 1.66. The molecule has 0 aliphatic heterocycles. The standard InChI is InChI=1S/C10H17BrN2O/c1-4-13-9(5-8(2)6-11)10(14-3)7-12-13/h7-8H,4-6H2,1-3H3. The van der Waals surface area contributed by atoms with Crippen molar-refractivity contribution in [2.24, 2.45) is 5.92 Å². The van der Waals surface area contributed by atoms with E-state index in [0.717, 1.165) is 24.0 Å². The molecule has 0 spiro atoms. The molecule has 0 amide bonds. The molecule has 1 heterocycles. The lowest BCUT2D eigenvalue weighted by atomic mass is 10.1. The Labute approximate surface area is 93.6 Å². The van der Waals surface area contributed by atoms with Gasteiger partial charge in [-0.05, 0) is 19.3 Å². The fourth-order valence-electron chi connectivity index (χ4n) is 1.43. The Morgan fingerprint density at radius 1 is 1.64 bits per heavy atom. The van der Waals surface area contributed by atoms with Crippen LogP contribution in [0.15, 0.2) is 6.20 Å². The highest BCUT2D eigenvalue weighted by molar-refractivity contribution is 9.09. The molecule has 0 saturated heterocycles. The smallest absolute Gasteiger partial charge is 0.159 e. The van der Waals surface area contributed by atoms with E-state index in [1.807, 2.05) is 4.68 Å². The average Bonchev–Trinajstić information content (AvgIpc) is 2.60. The topological polar surface area (TPSA) is 27.1 Å². The Bertz CT molecular complexity index is 264. The highest BCUT2D eigenvalue weighted by Gasteiger charge is 2.13. The molecule has 0 saturated carbocycles. The summed E-state index contributed by atoms with van der Waals surface area (Å²) in [6.07, 6.45) is 2.79. The zero-order valence-electron chi connectivity index (χ0n) is 8.96. The fraction of sp³-hybridized carbons (Fsp3) is 0.700. The summed E-state index contributed by atoms with van der Waals surface area (Å²) in [6, 6.07) is 0. The Morgan fingerprint density at radius 2 is 2.36 bits per heavy atom. The summed E-state index contributed by atoms with van der Waals surface area (Å²) in [4.78, 5) is 0. The summed E-state index contributed by atoms with van der Waals surface area (Å²) in [7, 11) is 1.69. The van der Waals surface area contributed by atoms with Gasteiger partial charge in [-0.25, -0.2) is 0 Å². The number of halogens is 1. The third-order valence-electron chi connectivity index (χ3n) is 2.24. The predicted molar refractivity (Wildman–Crippen MR) is 61.1 cm³/mol. The summed E-state index contributed by atoms with van der Waals surface area (Å²) in [5.41, 5.74) is 1.20. The van der Waals surface area contributed by atoms with E-state index in [-0.39, 0.29) is 0 Å². The molecule has 0 fully saturated rings. The Hall–Kier alpha value is -0.510. The minimum Gasteiger partial charge on any atom is -0.493 e. The summed E-state index contributed by atoms with van der Waals surface area (Å²) in [6.45, 7) is 5.20. The van der Waals surface area contributed by atoms with Crippen molar-refractivity contribution in [1.29, 1.82) is 0 Å². The normalized spacial score (nSPS) is 12.9. The van der Waals surface area contributed by atoms with Crippen LogP contribution in [0.4, 0.5) is 0 Å². The second-order valence-electron chi connectivity index (χ2n) is 3.44. The van der Waals surface area contributed by atoms with Crippen LogP contribution in [0.5, 0.6) is 5.75 Å². The molecular weight excluding hydrogens is 244 g/mol. The van der Waals surface area contributed by atoms with E-state index in [1.54, 1.807) is 13.3 Å². The number of aromatic nitrogens is 2. The highest BCUT2D eigenvalue weighted by atomic mass is 79.9. The summed E-state index contributed by atoms with van der Waals surface area (Å²) >= 11 is 3.48. The lowest BCUT2D eigenvalue weighted by Crippen LogP contribution is -2.09. The quantitative estimate of drug-likeness (QED) is 0.761. The highest BCUT2D eigenvalue weighted by Crippen LogP contribution is 2.21. The van der Waals surface area contributed by atoms with Crippen LogP contribution in [-0.2, 0) is 13.0 Å². The number of methoxy groups -OCH3 is 1. The molecule has 1 aromatic heterocycles. The molecule has 14 heavy (non-hydrogen) atoms. The van der Waals surface area contributed by atoms with Crippen LogP contribution in [0.2, 0.25) is 0 Å². The molecular formula is C10H17BrN2O. The molecule has 1 aromatic rings. The van der Waals surface area contributed by atoms with Crippen molar-refractivity contribution < 1.29 is 4.74 Å². The van der Waals surface area contributed by atoms with E-state index in [4.69, 9.17) is 4.74 Å². The Kier molecular flexibility index (Phi) is 4.45. The molecule has 0 bridgehead atoms. The lowest BCUT2D eigenvalue weighted by Gasteiger charge is -2.10. The first-order valence-corrected chi connectivity index (χ1v) is 5.99. The third-order valence-corrected chi connectivity index (χ3v) is 3.34. The van der Waals surface area contributed by atoms with Crippen LogP contribution in [-0.4, -0.2) is 22.2 Å². The molecule has 0 aliphatic carbocycles. The van der Waals surface area contributed by atoms with Crippen LogP contribution in [0.25, 0.3) is 0 Å². The van der Waals surface area contributed by atoms with Gasteiger partial charge in [-0.3, -0.25) is 4.68 Å².